The maximum Gasteiger partial charge on any atom is 0.472 e. The summed E-state index contributed by atoms with van der Waals surface area (Å²) in [5.41, 5.74) is 0. The number of carbonyl (C=O) groups is 2. The van der Waals surface area contributed by atoms with Crippen LogP contribution in [0.4, 0.5) is 0 Å². The number of hydrogen-bond acceptors (Lipinski definition) is 6. The number of ether oxygens (including phenoxy) is 1. The molecule has 0 heterocycles. The first-order chi connectivity index (χ1) is 34.4. The van der Waals surface area contributed by atoms with Gasteiger partial charge in [-0.1, -0.05) is 263 Å². The molecule has 3 atom stereocenters. The quantitative estimate of drug-likeness (QED) is 0.0205. The van der Waals surface area contributed by atoms with Gasteiger partial charge >= 0.3 is 13.8 Å². The first-order valence-corrected chi connectivity index (χ1v) is 31.8. The number of quaternary nitrogens is 1. The molecule has 0 radical (unpaired) electrons. The predicted molar refractivity (Wildman–Crippen MR) is 305 cm³/mol. The number of hydrogen-bond donors (Lipinski definition) is 2. The van der Waals surface area contributed by atoms with Crippen LogP contribution in [0.15, 0.2) is 36.5 Å². The minimum Gasteiger partial charge on any atom is -0.456 e. The van der Waals surface area contributed by atoms with Gasteiger partial charge in [-0.05, 0) is 51.0 Å². The molecule has 9 nitrogen and oxygen atoms in total. The van der Waals surface area contributed by atoms with Crippen LogP contribution in [0.3, 0.4) is 0 Å². The lowest BCUT2D eigenvalue weighted by Gasteiger charge is -2.27. The molecule has 0 rings (SSSR count). The highest BCUT2D eigenvalue weighted by molar-refractivity contribution is 7.47. The first-order valence-electron chi connectivity index (χ1n) is 30.3. The van der Waals surface area contributed by atoms with Crippen LogP contribution >= 0.6 is 7.82 Å². The van der Waals surface area contributed by atoms with Crippen LogP contribution in [0.1, 0.15) is 290 Å². The zero-order valence-electron chi connectivity index (χ0n) is 47.7. The maximum absolute atomic E-state index is 13.4. The standard InChI is InChI=1S/C61H117N2O7P/c1-7-10-13-16-19-22-25-27-28-29-30-31-32-33-34-36-39-42-45-48-51-54-61(65)70-59(52-49-46-43-40-37-24-21-18-15-12-9-3)58(57-69-71(66,67)68-56-55-63(4,5)6)62-60(64)53-50-47-44-41-38-35-26-23-20-17-14-11-8-2/h35,38,44,47,49,52,58-59H,7-34,36-37,39-43,45-46,48,50-51,53-57H2,1-6H3,(H-,62,64,66,67)/p+1/b38-35-,47-44+,52-49-. The highest BCUT2D eigenvalue weighted by Gasteiger charge is 2.30. The van der Waals surface area contributed by atoms with Crippen LogP contribution in [0.25, 0.3) is 0 Å². The summed E-state index contributed by atoms with van der Waals surface area (Å²) in [6.07, 6.45) is 61.7. The fourth-order valence-electron chi connectivity index (χ4n) is 8.87. The van der Waals surface area contributed by atoms with E-state index in [9.17, 15) is 19.0 Å². The van der Waals surface area contributed by atoms with E-state index in [1.54, 1.807) is 0 Å². The Morgan fingerprint density at radius 3 is 1.30 bits per heavy atom. The van der Waals surface area contributed by atoms with Gasteiger partial charge in [-0.25, -0.2) is 4.57 Å². The molecule has 71 heavy (non-hydrogen) atoms. The number of amides is 1. The molecule has 0 aliphatic rings. The number of nitrogens with zero attached hydrogens (tertiary/aromatic N) is 1. The molecule has 0 aliphatic heterocycles. The Morgan fingerprint density at radius 1 is 0.493 bits per heavy atom. The number of phosphoric ester groups is 1. The summed E-state index contributed by atoms with van der Waals surface area (Å²) in [7, 11) is 1.47. The Labute approximate surface area is 440 Å². The molecule has 3 unspecified atom stereocenters. The van der Waals surface area contributed by atoms with E-state index >= 15 is 0 Å². The second-order valence-corrected chi connectivity index (χ2v) is 23.3. The fraction of sp³-hybridized carbons (Fsp3) is 0.869. The molecular formula is C61H118N2O7P+. The number of phosphoric acid groups is 1. The minimum atomic E-state index is -4.45. The van der Waals surface area contributed by atoms with E-state index in [2.05, 4.69) is 44.3 Å². The highest BCUT2D eigenvalue weighted by Crippen LogP contribution is 2.43. The largest absolute Gasteiger partial charge is 0.472 e. The van der Waals surface area contributed by atoms with Gasteiger partial charge in [-0.3, -0.25) is 18.6 Å². The van der Waals surface area contributed by atoms with E-state index in [-0.39, 0.29) is 37.9 Å². The Bertz CT molecular complexity index is 1310. The van der Waals surface area contributed by atoms with Crippen molar-refractivity contribution in [3.63, 3.8) is 0 Å². The van der Waals surface area contributed by atoms with Crippen LogP contribution in [0.5, 0.6) is 0 Å². The third-order valence-corrected chi connectivity index (χ3v) is 14.6. The second kappa shape index (κ2) is 51.7. The molecule has 2 N–H and O–H groups in total. The van der Waals surface area contributed by atoms with Crippen molar-refractivity contribution in [2.24, 2.45) is 0 Å². The number of esters is 1. The van der Waals surface area contributed by atoms with Gasteiger partial charge in [0.1, 0.15) is 19.3 Å². The van der Waals surface area contributed by atoms with Crippen LogP contribution in [0, 0.1) is 0 Å². The van der Waals surface area contributed by atoms with Crippen LogP contribution in [-0.2, 0) is 27.9 Å². The normalized spacial score (nSPS) is 14.0. The zero-order chi connectivity index (χ0) is 52.2. The van der Waals surface area contributed by atoms with E-state index < -0.39 is 20.0 Å². The summed E-state index contributed by atoms with van der Waals surface area (Å²) in [4.78, 5) is 37.5. The average Bonchev–Trinajstić information content (AvgIpc) is 3.33. The molecule has 0 aromatic carbocycles. The van der Waals surface area contributed by atoms with Gasteiger partial charge in [0.2, 0.25) is 5.91 Å². The summed E-state index contributed by atoms with van der Waals surface area (Å²) >= 11 is 0. The number of unbranched alkanes of at least 4 members (excludes halogenated alkanes) is 35. The molecule has 0 fully saturated rings. The monoisotopic (exact) mass is 1020 g/mol. The van der Waals surface area contributed by atoms with Crippen LogP contribution in [-0.4, -0.2) is 74.3 Å². The van der Waals surface area contributed by atoms with E-state index in [1.165, 1.54) is 199 Å². The van der Waals surface area contributed by atoms with Crippen LogP contribution < -0.4 is 5.32 Å². The van der Waals surface area contributed by atoms with E-state index in [1.807, 2.05) is 39.4 Å². The Balaban J connectivity index is 5.20. The Kier molecular flexibility index (Phi) is 50.4. The zero-order valence-corrected chi connectivity index (χ0v) is 48.6. The lowest BCUT2D eigenvalue weighted by Crippen LogP contribution is -2.47. The molecule has 0 aromatic heterocycles. The summed E-state index contributed by atoms with van der Waals surface area (Å²) in [5.74, 6) is -0.572. The number of rotatable bonds is 55. The number of likely N-dealkylation sites (N-methyl/N-ethyl adjacent to an activating group) is 1. The second-order valence-electron chi connectivity index (χ2n) is 21.9. The van der Waals surface area contributed by atoms with Crippen molar-refractivity contribution < 1.29 is 37.3 Å². The molecule has 418 valence electrons. The lowest BCUT2D eigenvalue weighted by atomic mass is 10.0. The van der Waals surface area contributed by atoms with Gasteiger partial charge in [0.25, 0.3) is 0 Å². The topological polar surface area (TPSA) is 111 Å². The highest BCUT2D eigenvalue weighted by atomic mass is 31.2. The Hall–Kier alpha value is -1.77. The van der Waals surface area contributed by atoms with Gasteiger partial charge in [0.15, 0.2) is 0 Å². The van der Waals surface area contributed by atoms with Crippen LogP contribution in [0.2, 0.25) is 0 Å². The van der Waals surface area contributed by atoms with Crippen molar-refractivity contribution in [1.82, 2.24) is 5.32 Å². The molecular weight excluding hydrogens is 904 g/mol. The number of carbonyl (C=O) groups excluding carboxylic acids is 2. The minimum absolute atomic E-state index is 0.0332. The fourth-order valence-corrected chi connectivity index (χ4v) is 9.61. The molecule has 0 aromatic rings. The summed E-state index contributed by atoms with van der Waals surface area (Å²) in [5, 5.41) is 3.01. The smallest absolute Gasteiger partial charge is 0.456 e. The van der Waals surface area contributed by atoms with Crippen molar-refractivity contribution in [3.05, 3.63) is 36.5 Å². The number of allylic oxidation sites excluding steroid dienone is 5. The van der Waals surface area contributed by atoms with Crippen molar-refractivity contribution in [2.45, 2.75) is 303 Å². The summed E-state index contributed by atoms with van der Waals surface area (Å²) in [6.45, 7) is 6.98. The molecule has 0 aliphatic carbocycles. The maximum atomic E-state index is 13.4. The SMILES string of the molecule is CCCCCCCC/C=C\C/C=C/CCC(=O)NC(COP(=O)(O)OCC[N+](C)(C)C)C(/C=C\CCCCCCCCCCC)OC(=O)CCCCCCCCCCCCCCCCCCCCCCC. The van der Waals surface area contributed by atoms with E-state index in [0.29, 0.717) is 17.4 Å². The van der Waals surface area contributed by atoms with E-state index in [0.717, 1.165) is 51.4 Å². The summed E-state index contributed by atoms with van der Waals surface area (Å²) < 4.78 is 30.6. The van der Waals surface area contributed by atoms with Crippen molar-refractivity contribution in [2.75, 3.05) is 40.9 Å². The van der Waals surface area contributed by atoms with Gasteiger partial charge < -0.3 is 19.4 Å². The molecule has 1 amide bonds. The molecule has 0 bridgehead atoms. The van der Waals surface area contributed by atoms with E-state index in [4.69, 9.17) is 13.8 Å². The molecule has 0 saturated carbocycles. The lowest BCUT2D eigenvalue weighted by molar-refractivity contribution is -0.870. The predicted octanol–water partition coefficient (Wildman–Crippen LogP) is 18.3. The first kappa shape index (κ1) is 69.2. The molecule has 0 saturated heterocycles. The van der Waals surface area contributed by atoms with Crippen molar-refractivity contribution in [3.8, 4) is 0 Å². The number of nitrogens with one attached hydrogen (secondary N) is 1. The molecule has 0 spiro atoms. The van der Waals surface area contributed by atoms with Gasteiger partial charge in [-0.15, -0.1) is 0 Å². The van der Waals surface area contributed by atoms with Gasteiger partial charge in [0, 0.05) is 12.8 Å². The van der Waals surface area contributed by atoms with Gasteiger partial charge in [0.05, 0.1) is 33.8 Å². The van der Waals surface area contributed by atoms with Gasteiger partial charge in [-0.2, -0.15) is 0 Å². The average molecular weight is 1020 g/mol. The molecule has 10 heteroatoms. The van der Waals surface area contributed by atoms with Crippen molar-refractivity contribution in [1.29, 1.82) is 0 Å². The summed E-state index contributed by atoms with van der Waals surface area (Å²) in [6, 6.07) is -0.873. The third kappa shape index (κ3) is 52.9. The third-order valence-electron chi connectivity index (χ3n) is 13.6. The van der Waals surface area contributed by atoms with Crippen molar-refractivity contribution >= 4 is 19.7 Å². The Morgan fingerprint density at radius 2 is 0.873 bits per heavy atom.